The molecule has 0 saturated carbocycles. The molecule has 0 radical (unpaired) electrons. The van der Waals surface area contributed by atoms with Crippen LogP contribution in [0.1, 0.15) is 5.56 Å². The van der Waals surface area contributed by atoms with Gasteiger partial charge in [-0.05, 0) is 29.8 Å². The van der Waals surface area contributed by atoms with E-state index in [0.29, 0.717) is 23.4 Å². The summed E-state index contributed by atoms with van der Waals surface area (Å²) in [6.07, 6.45) is 0. The van der Waals surface area contributed by atoms with E-state index in [4.69, 9.17) is 0 Å². The molecule has 0 aliphatic carbocycles. The number of nitrogens with one attached hydrogen (secondary N) is 1. The Hall–Kier alpha value is -2.14. The lowest BCUT2D eigenvalue weighted by Crippen LogP contribution is -2.28. The van der Waals surface area contributed by atoms with Gasteiger partial charge in [0, 0.05) is 10.2 Å². The molecule has 0 saturated heterocycles. The van der Waals surface area contributed by atoms with E-state index in [2.05, 4.69) is 26.2 Å². The lowest BCUT2D eigenvalue weighted by Gasteiger charge is -2.22. The Labute approximate surface area is 123 Å². The zero-order valence-corrected chi connectivity index (χ0v) is 12.0. The van der Waals surface area contributed by atoms with Crippen LogP contribution in [0, 0.1) is 0 Å². The molecule has 0 bridgehead atoms. The number of para-hydroxylation sites is 1. The molecule has 0 atom stereocenters. The molecule has 1 aliphatic rings. The van der Waals surface area contributed by atoms with Gasteiger partial charge in [-0.25, -0.2) is 4.98 Å². The van der Waals surface area contributed by atoms with Crippen molar-refractivity contribution in [1.82, 2.24) is 9.55 Å². The van der Waals surface area contributed by atoms with Crippen molar-refractivity contribution in [3.8, 4) is 0 Å². The molecule has 20 heavy (non-hydrogen) atoms. The van der Waals surface area contributed by atoms with Crippen molar-refractivity contribution in [3.05, 3.63) is 62.9 Å². The number of fused-ring (bicyclic) bond motifs is 3. The van der Waals surface area contributed by atoms with Crippen molar-refractivity contribution in [2.24, 2.45) is 0 Å². The normalized spacial score (nSPS) is 12.7. The predicted molar refractivity (Wildman–Crippen MR) is 82.5 cm³/mol. The lowest BCUT2D eigenvalue weighted by atomic mass is 10.1. The number of hydrogen-bond acceptors (Lipinski definition) is 3. The molecule has 4 nitrogen and oxygen atoms in total. The Morgan fingerprint density at radius 1 is 1.20 bits per heavy atom. The Morgan fingerprint density at radius 3 is 2.95 bits per heavy atom. The topological polar surface area (TPSA) is 46.9 Å². The monoisotopic (exact) mass is 327 g/mol. The standard InChI is InChI=1S/C15H10BrN3O/c16-10-5-6-13-11(7-10)14(20)19-8-9-3-1-2-4-12(9)17-15(19)18-13/h1-7H,8H2,(H,17,18). The van der Waals surface area contributed by atoms with Gasteiger partial charge >= 0.3 is 0 Å². The highest BCUT2D eigenvalue weighted by Crippen LogP contribution is 2.27. The molecule has 3 aromatic rings. The van der Waals surface area contributed by atoms with Crippen LogP contribution in [0.15, 0.2) is 51.7 Å². The van der Waals surface area contributed by atoms with E-state index in [0.717, 1.165) is 15.7 Å². The SMILES string of the molecule is O=c1c2cc(Br)ccc2nc2n1Cc1ccccc1N2. The van der Waals surface area contributed by atoms with Gasteiger partial charge in [0.1, 0.15) is 0 Å². The molecule has 1 N–H and O–H groups in total. The maximum atomic E-state index is 12.6. The number of rotatable bonds is 0. The highest BCUT2D eigenvalue weighted by atomic mass is 79.9. The van der Waals surface area contributed by atoms with E-state index in [1.165, 1.54) is 0 Å². The first-order valence-electron chi connectivity index (χ1n) is 6.27. The summed E-state index contributed by atoms with van der Waals surface area (Å²) < 4.78 is 2.56. The van der Waals surface area contributed by atoms with Crippen LogP contribution in [0.2, 0.25) is 0 Å². The van der Waals surface area contributed by atoms with Gasteiger partial charge in [0.15, 0.2) is 0 Å². The summed E-state index contributed by atoms with van der Waals surface area (Å²) in [6.45, 7) is 0.548. The van der Waals surface area contributed by atoms with Crippen molar-refractivity contribution in [2.45, 2.75) is 6.54 Å². The average molecular weight is 328 g/mol. The smallest absolute Gasteiger partial charge is 0.263 e. The molecular weight excluding hydrogens is 318 g/mol. The Kier molecular flexibility index (Phi) is 2.44. The highest BCUT2D eigenvalue weighted by molar-refractivity contribution is 9.10. The van der Waals surface area contributed by atoms with Gasteiger partial charge in [-0.3, -0.25) is 9.36 Å². The summed E-state index contributed by atoms with van der Waals surface area (Å²) in [6, 6.07) is 13.5. The van der Waals surface area contributed by atoms with Crippen molar-refractivity contribution in [1.29, 1.82) is 0 Å². The summed E-state index contributed by atoms with van der Waals surface area (Å²) in [5, 5.41) is 3.86. The molecule has 1 aliphatic heterocycles. The summed E-state index contributed by atoms with van der Waals surface area (Å²) in [4.78, 5) is 17.1. The second kappa shape index (κ2) is 4.18. The number of anilines is 2. The van der Waals surface area contributed by atoms with Gasteiger partial charge in [-0.1, -0.05) is 34.1 Å². The molecule has 2 heterocycles. The maximum Gasteiger partial charge on any atom is 0.263 e. The minimum absolute atomic E-state index is 0.0201. The fraction of sp³-hybridized carbons (Fsp3) is 0.0667. The molecule has 2 aromatic carbocycles. The maximum absolute atomic E-state index is 12.6. The molecule has 0 amide bonds. The second-order valence-corrected chi connectivity index (χ2v) is 5.69. The van der Waals surface area contributed by atoms with Crippen LogP contribution >= 0.6 is 15.9 Å². The third-order valence-corrected chi connectivity index (χ3v) is 4.00. The quantitative estimate of drug-likeness (QED) is 0.539. The molecule has 0 spiro atoms. The summed E-state index contributed by atoms with van der Waals surface area (Å²) >= 11 is 3.40. The fourth-order valence-corrected chi connectivity index (χ4v) is 2.87. The van der Waals surface area contributed by atoms with Gasteiger partial charge in [-0.15, -0.1) is 0 Å². The fourth-order valence-electron chi connectivity index (χ4n) is 2.51. The Balaban J connectivity index is 2.00. The third kappa shape index (κ3) is 1.67. The van der Waals surface area contributed by atoms with Gasteiger partial charge in [0.05, 0.1) is 17.4 Å². The summed E-state index contributed by atoms with van der Waals surface area (Å²) in [5.41, 5.74) is 2.79. The number of benzene rings is 2. The Bertz CT molecular complexity index is 901. The molecule has 0 fully saturated rings. The number of aromatic nitrogens is 2. The van der Waals surface area contributed by atoms with Crippen LogP contribution in [-0.4, -0.2) is 9.55 Å². The van der Waals surface area contributed by atoms with Gasteiger partial charge < -0.3 is 5.32 Å². The second-order valence-electron chi connectivity index (χ2n) is 4.77. The predicted octanol–water partition coefficient (Wildman–Crippen LogP) is 3.26. The van der Waals surface area contributed by atoms with E-state index in [1.807, 2.05) is 42.5 Å². The first kappa shape index (κ1) is 11.7. The van der Waals surface area contributed by atoms with E-state index >= 15 is 0 Å². The number of nitrogens with zero attached hydrogens (tertiary/aromatic N) is 2. The first-order chi connectivity index (χ1) is 9.72. The average Bonchev–Trinajstić information content (AvgIpc) is 2.47. The third-order valence-electron chi connectivity index (χ3n) is 3.51. The van der Waals surface area contributed by atoms with E-state index < -0.39 is 0 Å². The first-order valence-corrected chi connectivity index (χ1v) is 7.07. The van der Waals surface area contributed by atoms with Gasteiger partial charge in [-0.2, -0.15) is 0 Å². The zero-order valence-electron chi connectivity index (χ0n) is 10.4. The summed E-state index contributed by atoms with van der Waals surface area (Å²) in [5.74, 6) is 0.600. The van der Waals surface area contributed by atoms with Gasteiger partial charge in [0.2, 0.25) is 5.95 Å². The van der Waals surface area contributed by atoms with Crippen LogP contribution in [0.3, 0.4) is 0 Å². The lowest BCUT2D eigenvalue weighted by molar-refractivity contribution is 0.745. The largest absolute Gasteiger partial charge is 0.325 e. The molecule has 98 valence electrons. The van der Waals surface area contributed by atoms with Gasteiger partial charge in [0.25, 0.3) is 5.56 Å². The van der Waals surface area contributed by atoms with E-state index in [-0.39, 0.29) is 5.56 Å². The van der Waals surface area contributed by atoms with Crippen LogP contribution in [-0.2, 0) is 6.54 Å². The van der Waals surface area contributed by atoms with E-state index in [9.17, 15) is 4.79 Å². The van der Waals surface area contributed by atoms with Crippen LogP contribution in [0.25, 0.3) is 10.9 Å². The molecule has 4 rings (SSSR count). The van der Waals surface area contributed by atoms with Crippen LogP contribution in [0.4, 0.5) is 11.6 Å². The van der Waals surface area contributed by atoms with Crippen LogP contribution < -0.4 is 10.9 Å². The molecular formula is C15H10BrN3O. The molecule has 1 aromatic heterocycles. The van der Waals surface area contributed by atoms with Crippen molar-refractivity contribution in [2.75, 3.05) is 5.32 Å². The van der Waals surface area contributed by atoms with Crippen molar-refractivity contribution in [3.63, 3.8) is 0 Å². The zero-order chi connectivity index (χ0) is 13.7. The molecule has 5 heteroatoms. The minimum atomic E-state index is -0.0201. The van der Waals surface area contributed by atoms with Crippen molar-refractivity contribution >= 4 is 38.5 Å². The minimum Gasteiger partial charge on any atom is -0.325 e. The number of halogens is 1. The van der Waals surface area contributed by atoms with E-state index in [1.54, 1.807) is 4.57 Å². The summed E-state index contributed by atoms with van der Waals surface area (Å²) in [7, 11) is 0. The highest BCUT2D eigenvalue weighted by Gasteiger charge is 2.18. The van der Waals surface area contributed by atoms with Crippen molar-refractivity contribution < 1.29 is 0 Å². The molecule has 0 unspecified atom stereocenters. The van der Waals surface area contributed by atoms with Crippen LogP contribution in [0.5, 0.6) is 0 Å². The number of hydrogen-bond donors (Lipinski definition) is 1. The Morgan fingerprint density at radius 2 is 2.05 bits per heavy atom.